The molecule has 9 nitrogen and oxygen atoms in total. The number of amides is 1. The molecule has 5 aromatic rings. The van der Waals surface area contributed by atoms with Crippen molar-refractivity contribution in [2.24, 2.45) is 7.05 Å². The maximum Gasteiger partial charge on any atom is 0.235 e. The fraction of sp³-hybridized carbons (Fsp3) is 0.300. The Labute approximate surface area is 225 Å². The lowest BCUT2D eigenvalue weighted by Crippen LogP contribution is -2.31. The first kappa shape index (κ1) is 23.4. The van der Waals surface area contributed by atoms with E-state index in [1.807, 2.05) is 43.4 Å². The number of H-pyrrole nitrogens is 1. The highest BCUT2D eigenvalue weighted by atomic mass is 16.2. The topological polar surface area (TPSA) is 117 Å². The van der Waals surface area contributed by atoms with Gasteiger partial charge in [0, 0.05) is 47.1 Å². The molecule has 1 fully saturated rings. The van der Waals surface area contributed by atoms with Crippen LogP contribution in [-0.4, -0.2) is 35.4 Å². The molecule has 1 aliphatic carbocycles. The molecule has 0 bridgehead atoms. The SMILES string of the molecule is CC(CC#N)n1cc(-c2ccc(-c3c(-c4cnn(C)c4)[nH]c4ncc5c(c34)C3(CCCC3)C(=O)N5)cc2)cn1. The van der Waals surface area contributed by atoms with Crippen LogP contribution in [-0.2, 0) is 17.3 Å². The van der Waals surface area contributed by atoms with Crippen LogP contribution in [0.3, 0.4) is 0 Å². The van der Waals surface area contributed by atoms with E-state index in [2.05, 4.69) is 50.8 Å². The number of aromatic nitrogens is 6. The summed E-state index contributed by atoms with van der Waals surface area (Å²) in [6.45, 7) is 1.99. The van der Waals surface area contributed by atoms with Gasteiger partial charge in [0.1, 0.15) is 5.65 Å². The van der Waals surface area contributed by atoms with Crippen LogP contribution in [0.4, 0.5) is 5.69 Å². The van der Waals surface area contributed by atoms with Gasteiger partial charge in [0.15, 0.2) is 0 Å². The predicted octanol–water partition coefficient (Wildman–Crippen LogP) is 5.73. The number of aryl methyl sites for hydroxylation is 1. The van der Waals surface area contributed by atoms with Gasteiger partial charge < -0.3 is 10.3 Å². The van der Waals surface area contributed by atoms with Crippen molar-refractivity contribution < 1.29 is 4.79 Å². The highest BCUT2D eigenvalue weighted by molar-refractivity contribution is 6.15. The van der Waals surface area contributed by atoms with E-state index < -0.39 is 5.41 Å². The molecule has 0 radical (unpaired) electrons. The summed E-state index contributed by atoms with van der Waals surface area (Å²) in [7, 11) is 1.91. The zero-order valence-electron chi connectivity index (χ0n) is 21.9. The van der Waals surface area contributed by atoms with Crippen LogP contribution in [0.15, 0.2) is 55.2 Å². The molecule has 2 aliphatic rings. The van der Waals surface area contributed by atoms with Crippen molar-refractivity contribution in [3.8, 4) is 39.6 Å². The lowest BCUT2D eigenvalue weighted by molar-refractivity contribution is -0.120. The Morgan fingerprint density at radius 1 is 1.03 bits per heavy atom. The largest absolute Gasteiger partial charge is 0.339 e. The molecule has 1 amide bonds. The van der Waals surface area contributed by atoms with Crippen LogP contribution < -0.4 is 5.32 Å². The number of hydrogen-bond donors (Lipinski definition) is 2. The molecule has 194 valence electrons. The number of nitriles is 1. The maximum atomic E-state index is 13.3. The smallest absolute Gasteiger partial charge is 0.235 e. The van der Waals surface area contributed by atoms with E-state index in [9.17, 15) is 4.79 Å². The van der Waals surface area contributed by atoms with Gasteiger partial charge in [0.05, 0.1) is 53.9 Å². The minimum Gasteiger partial charge on any atom is -0.339 e. The fourth-order valence-electron chi connectivity index (χ4n) is 6.40. The van der Waals surface area contributed by atoms with Crippen LogP contribution in [0.1, 0.15) is 50.6 Å². The zero-order valence-corrected chi connectivity index (χ0v) is 21.9. The maximum absolute atomic E-state index is 13.3. The van der Waals surface area contributed by atoms with Crippen molar-refractivity contribution in [1.82, 2.24) is 29.5 Å². The van der Waals surface area contributed by atoms with E-state index in [0.29, 0.717) is 6.42 Å². The second-order valence-corrected chi connectivity index (χ2v) is 10.8. The van der Waals surface area contributed by atoms with E-state index >= 15 is 0 Å². The lowest BCUT2D eigenvalue weighted by atomic mass is 9.78. The van der Waals surface area contributed by atoms with Gasteiger partial charge in [0.25, 0.3) is 0 Å². The van der Waals surface area contributed by atoms with E-state index in [0.717, 1.165) is 81.5 Å². The Hall–Kier alpha value is -4.71. The van der Waals surface area contributed by atoms with Crippen LogP contribution in [0.2, 0.25) is 0 Å². The molecule has 1 aliphatic heterocycles. The number of anilines is 1. The average Bonchev–Trinajstić information content (AvgIpc) is 3.76. The summed E-state index contributed by atoms with van der Waals surface area (Å²) in [5.41, 5.74) is 8.20. The molecule has 1 atom stereocenters. The predicted molar refractivity (Wildman–Crippen MR) is 149 cm³/mol. The molecule has 2 N–H and O–H groups in total. The first-order chi connectivity index (χ1) is 19.0. The van der Waals surface area contributed by atoms with E-state index in [1.54, 1.807) is 10.9 Å². The average molecular weight is 517 g/mol. The second-order valence-electron chi connectivity index (χ2n) is 10.8. The summed E-state index contributed by atoms with van der Waals surface area (Å²) >= 11 is 0. The Bertz CT molecular complexity index is 1780. The molecule has 1 unspecified atom stereocenters. The number of pyridine rings is 1. The monoisotopic (exact) mass is 516 g/mol. The van der Waals surface area contributed by atoms with Crippen molar-refractivity contribution >= 4 is 22.6 Å². The number of nitrogens with zero attached hydrogens (tertiary/aromatic N) is 6. The van der Waals surface area contributed by atoms with Crippen LogP contribution >= 0.6 is 0 Å². The van der Waals surface area contributed by atoms with Gasteiger partial charge in [-0.3, -0.25) is 14.2 Å². The quantitative estimate of drug-likeness (QED) is 0.309. The van der Waals surface area contributed by atoms with Crippen molar-refractivity contribution in [2.45, 2.75) is 50.5 Å². The Morgan fingerprint density at radius 3 is 2.49 bits per heavy atom. The number of aromatic amines is 1. The third kappa shape index (κ3) is 3.52. The van der Waals surface area contributed by atoms with Crippen LogP contribution in [0.5, 0.6) is 0 Å². The van der Waals surface area contributed by atoms with E-state index in [-0.39, 0.29) is 11.9 Å². The standard InChI is InChI=1S/C30H28N8O/c1-18(9-12-31)38-17-21(13-34-38)19-5-7-20(8-6-19)24-25-26-23(35-29(39)30(26)10-3-4-11-30)15-32-28(25)36-27(24)22-14-33-37(2)16-22/h5-8,13-18H,3-4,9-11H2,1-2H3,(H,32,36)(H,35,39). The molecule has 5 heterocycles. The molecule has 4 aromatic heterocycles. The Kier molecular flexibility index (Phi) is 5.20. The molecule has 1 aromatic carbocycles. The number of benzene rings is 1. The lowest BCUT2D eigenvalue weighted by Gasteiger charge is -2.22. The van der Waals surface area contributed by atoms with E-state index in [1.165, 1.54) is 0 Å². The van der Waals surface area contributed by atoms with Gasteiger partial charge in [-0.15, -0.1) is 0 Å². The summed E-state index contributed by atoms with van der Waals surface area (Å²) in [5, 5.41) is 22.1. The molecular formula is C30H28N8O. The molecular weight excluding hydrogens is 488 g/mol. The van der Waals surface area contributed by atoms with Crippen molar-refractivity contribution in [2.75, 3.05) is 5.32 Å². The van der Waals surface area contributed by atoms with Gasteiger partial charge in [0.2, 0.25) is 5.91 Å². The highest BCUT2D eigenvalue weighted by Crippen LogP contribution is 2.53. The number of carbonyl (C=O) groups excluding carboxylic acids is 1. The summed E-state index contributed by atoms with van der Waals surface area (Å²) in [6.07, 6.45) is 13.7. The van der Waals surface area contributed by atoms with Gasteiger partial charge in [-0.2, -0.15) is 15.5 Å². The molecule has 9 heteroatoms. The molecule has 1 spiro atoms. The minimum atomic E-state index is -0.506. The third-order valence-corrected chi connectivity index (χ3v) is 8.38. The number of carbonyl (C=O) groups is 1. The number of fused-ring (bicyclic) bond motifs is 4. The van der Waals surface area contributed by atoms with Crippen LogP contribution in [0, 0.1) is 11.3 Å². The summed E-state index contributed by atoms with van der Waals surface area (Å²) in [5.74, 6) is 0.0948. The minimum absolute atomic E-state index is 0.0186. The summed E-state index contributed by atoms with van der Waals surface area (Å²) in [4.78, 5) is 21.7. The molecule has 0 saturated heterocycles. The molecule has 1 saturated carbocycles. The van der Waals surface area contributed by atoms with E-state index in [4.69, 9.17) is 10.2 Å². The van der Waals surface area contributed by atoms with Crippen molar-refractivity contribution in [1.29, 1.82) is 5.26 Å². The van der Waals surface area contributed by atoms with Crippen LogP contribution in [0.25, 0.3) is 44.5 Å². The first-order valence-corrected chi connectivity index (χ1v) is 13.4. The fourth-order valence-corrected chi connectivity index (χ4v) is 6.40. The second kappa shape index (κ2) is 8.67. The normalized spacial score (nSPS) is 16.5. The number of rotatable bonds is 5. The van der Waals surface area contributed by atoms with Gasteiger partial charge in [-0.25, -0.2) is 4.98 Å². The van der Waals surface area contributed by atoms with Crippen molar-refractivity contribution in [3.63, 3.8) is 0 Å². The first-order valence-electron chi connectivity index (χ1n) is 13.4. The van der Waals surface area contributed by atoms with Gasteiger partial charge in [-0.1, -0.05) is 37.1 Å². The highest BCUT2D eigenvalue weighted by Gasteiger charge is 2.50. The van der Waals surface area contributed by atoms with Gasteiger partial charge >= 0.3 is 0 Å². The summed E-state index contributed by atoms with van der Waals surface area (Å²) in [6, 6.07) is 10.7. The summed E-state index contributed by atoms with van der Waals surface area (Å²) < 4.78 is 3.63. The number of hydrogen-bond acceptors (Lipinski definition) is 5. The molecule has 39 heavy (non-hydrogen) atoms. The Morgan fingerprint density at radius 2 is 1.77 bits per heavy atom. The zero-order chi connectivity index (χ0) is 26.7. The number of nitrogens with one attached hydrogen (secondary N) is 2. The van der Waals surface area contributed by atoms with Gasteiger partial charge in [-0.05, 0) is 30.9 Å². The van der Waals surface area contributed by atoms with Crippen molar-refractivity contribution in [3.05, 3.63) is 60.8 Å². The molecule has 7 rings (SSSR count). The third-order valence-electron chi connectivity index (χ3n) is 8.38. The Balaban J connectivity index is 1.40.